The van der Waals surface area contributed by atoms with Crippen molar-refractivity contribution in [2.75, 3.05) is 27.1 Å². The van der Waals surface area contributed by atoms with E-state index in [-0.39, 0.29) is 18.2 Å². The number of hydrogen-bond acceptors (Lipinski definition) is 9. The van der Waals surface area contributed by atoms with E-state index in [1.807, 2.05) is 0 Å². The highest BCUT2D eigenvalue weighted by Crippen LogP contribution is 2.16. The van der Waals surface area contributed by atoms with Crippen LogP contribution in [0.25, 0.3) is 0 Å². The predicted molar refractivity (Wildman–Crippen MR) is 63.7 cm³/mol. The normalized spacial score (nSPS) is 16.3. The number of nitrogens with zero attached hydrogens (tertiary/aromatic N) is 2. The topological polar surface area (TPSA) is 119 Å². The Balaban J connectivity index is 2.40. The highest BCUT2D eigenvalue weighted by Gasteiger charge is 2.22. The number of carboxylic acid groups (broad SMARTS) is 1. The number of oxime groups is 1. The first-order chi connectivity index (χ1) is 8.65. The Labute approximate surface area is 108 Å². The lowest BCUT2D eigenvalue weighted by molar-refractivity contribution is -0.129. The Kier molecular flexibility index (Phi) is 6.46. The number of carbonyl (C=O) groups is 1. The minimum atomic E-state index is -1.23. The van der Waals surface area contributed by atoms with Gasteiger partial charge in [0.15, 0.2) is 0 Å². The average Bonchev–Trinajstić information content (AvgIpc) is 2.74. The maximum absolute atomic E-state index is 10.9. The molecule has 1 aliphatic heterocycles. The van der Waals surface area contributed by atoms with E-state index in [2.05, 4.69) is 10.6 Å². The first kappa shape index (κ1) is 14.7. The van der Waals surface area contributed by atoms with Gasteiger partial charge in [-0.15, -0.1) is 0 Å². The van der Waals surface area contributed by atoms with E-state index in [1.165, 1.54) is 5.41 Å². The molecular weight excluding hydrogens is 264 g/mol. The highest BCUT2D eigenvalue weighted by atomic mass is 32.2. The van der Waals surface area contributed by atoms with Gasteiger partial charge in [0.1, 0.15) is 0 Å². The second-order valence-electron chi connectivity index (χ2n) is 2.97. The maximum atomic E-state index is 10.9. The van der Waals surface area contributed by atoms with Gasteiger partial charge in [-0.3, -0.25) is 5.43 Å². The van der Waals surface area contributed by atoms with Gasteiger partial charge in [0.2, 0.25) is 12.5 Å². The molecule has 0 aromatic heterocycles. The minimum absolute atomic E-state index is 0.160. The fourth-order valence-corrected chi connectivity index (χ4v) is 1.46. The fourth-order valence-electron chi connectivity index (χ4n) is 0.922. The molecule has 0 unspecified atom stereocenters. The summed E-state index contributed by atoms with van der Waals surface area (Å²) in [6, 6.07) is 0. The molecule has 1 heterocycles. The Morgan fingerprint density at radius 3 is 3.00 bits per heavy atom. The van der Waals surface area contributed by atoms with E-state index < -0.39 is 5.97 Å². The van der Waals surface area contributed by atoms with Gasteiger partial charge in [0.25, 0.3) is 0 Å². The van der Waals surface area contributed by atoms with Crippen LogP contribution in [0, 0.1) is 0 Å². The van der Waals surface area contributed by atoms with Gasteiger partial charge < -0.3 is 19.4 Å². The van der Waals surface area contributed by atoms with Crippen LogP contribution in [0.3, 0.4) is 0 Å². The number of nitrogens with two attached hydrogens (primary N) is 1. The van der Waals surface area contributed by atoms with Crippen molar-refractivity contribution in [2.45, 2.75) is 0 Å². The molecule has 1 aliphatic rings. The van der Waals surface area contributed by atoms with E-state index >= 15 is 0 Å². The molecule has 102 valence electrons. The van der Waals surface area contributed by atoms with Crippen LogP contribution in [0.15, 0.2) is 16.3 Å². The molecule has 0 fully saturated rings. The number of hydrazine groups is 2. The van der Waals surface area contributed by atoms with Gasteiger partial charge in [0.05, 0.1) is 18.9 Å². The van der Waals surface area contributed by atoms with Crippen molar-refractivity contribution in [3.63, 3.8) is 0 Å². The van der Waals surface area contributed by atoms with Gasteiger partial charge in [-0.1, -0.05) is 9.68 Å². The second-order valence-corrected chi connectivity index (χ2v) is 3.81. The Morgan fingerprint density at radius 1 is 1.67 bits per heavy atom. The summed E-state index contributed by atoms with van der Waals surface area (Å²) in [5.41, 5.74) is 2.54. The Morgan fingerprint density at radius 2 is 2.44 bits per heavy atom. The van der Waals surface area contributed by atoms with Crippen molar-refractivity contribution >= 4 is 23.6 Å². The fraction of sp³-hybridized carbons (Fsp3) is 0.500. The van der Waals surface area contributed by atoms with E-state index in [0.717, 1.165) is 16.5 Å². The number of hydrogen-bond donors (Lipinski definition) is 3. The molecule has 0 aliphatic carbocycles. The summed E-state index contributed by atoms with van der Waals surface area (Å²) < 4.78 is 10.9. The van der Waals surface area contributed by atoms with Crippen molar-refractivity contribution in [1.29, 1.82) is 0 Å². The highest BCUT2D eigenvalue weighted by molar-refractivity contribution is 8.00. The lowest BCUT2D eigenvalue weighted by Crippen LogP contribution is -2.36. The summed E-state index contributed by atoms with van der Waals surface area (Å²) in [5, 5.41) is 13.9. The van der Waals surface area contributed by atoms with E-state index in [4.69, 9.17) is 25.3 Å². The Bertz CT molecular complexity index is 348. The van der Waals surface area contributed by atoms with Crippen molar-refractivity contribution in [1.82, 2.24) is 9.95 Å². The minimum Gasteiger partial charge on any atom is -0.476 e. The van der Waals surface area contributed by atoms with Gasteiger partial charge in [-0.25, -0.2) is 10.6 Å². The lowest BCUT2D eigenvalue weighted by atomic mass is 10.3. The molecule has 0 spiro atoms. The molecule has 0 aromatic carbocycles. The Hall–Kier alpha value is -1.33. The zero-order valence-corrected chi connectivity index (χ0v) is 10.5. The summed E-state index contributed by atoms with van der Waals surface area (Å²) in [5.74, 6) is 4.14. The smallest absolute Gasteiger partial charge is 0.360 e. The summed E-state index contributed by atoms with van der Waals surface area (Å²) >= 11 is 1.09. The average molecular weight is 278 g/mol. The summed E-state index contributed by atoms with van der Waals surface area (Å²) in [6.45, 7) is 0.596. The van der Waals surface area contributed by atoms with Crippen LogP contribution in [-0.4, -0.2) is 48.4 Å². The first-order valence-electron chi connectivity index (χ1n) is 4.84. The zero-order chi connectivity index (χ0) is 13.4. The standard InChI is InChI=1S/C8H14N4O5S/c1-15-2-3-16-5-17-11-7(8(13)14)6-4-18-12(9)10-6/h4,10H,2-3,5,9H2,1H3,(H,13,14)/b11-7-. The number of carboxylic acids is 1. The summed E-state index contributed by atoms with van der Waals surface area (Å²) in [4.78, 5) is 15.7. The molecule has 0 saturated heterocycles. The molecule has 0 aromatic rings. The number of rotatable bonds is 8. The molecular formula is C8H14N4O5S. The maximum Gasteiger partial charge on any atom is 0.360 e. The van der Waals surface area contributed by atoms with Crippen LogP contribution in [0.5, 0.6) is 0 Å². The molecule has 0 atom stereocenters. The summed E-state index contributed by atoms with van der Waals surface area (Å²) in [6.07, 6.45) is 0. The number of methoxy groups -OCH3 is 1. The third kappa shape index (κ3) is 4.89. The van der Waals surface area contributed by atoms with Crippen LogP contribution in [0.1, 0.15) is 0 Å². The van der Waals surface area contributed by atoms with Crippen molar-refractivity contribution in [3.05, 3.63) is 11.1 Å². The third-order valence-corrected chi connectivity index (χ3v) is 2.36. The van der Waals surface area contributed by atoms with Crippen molar-refractivity contribution in [3.8, 4) is 0 Å². The van der Waals surface area contributed by atoms with E-state index in [1.54, 1.807) is 7.11 Å². The largest absolute Gasteiger partial charge is 0.476 e. The van der Waals surface area contributed by atoms with Gasteiger partial charge in [0, 0.05) is 12.5 Å². The van der Waals surface area contributed by atoms with Gasteiger partial charge >= 0.3 is 5.97 Å². The van der Waals surface area contributed by atoms with Crippen molar-refractivity contribution in [2.24, 2.45) is 11.0 Å². The quantitative estimate of drug-likeness (QED) is 0.131. The third-order valence-electron chi connectivity index (χ3n) is 1.70. The lowest BCUT2D eigenvalue weighted by Gasteiger charge is -2.09. The zero-order valence-electron chi connectivity index (χ0n) is 9.66. The van der Waals surface area contributed by atoms with Gasteiger partial charge in [-0.05, 0) is 11.9 Å². The van der Waals surface area contributed by atoms with Crippen LogP contribution in [0.2, 0.25) is 0 Å². The number of nitrogens with one attached hydrogen (secondary N) is 1. The predicted octanol–water partition coefficient (Wildman–Crippen LogP) is -0.752. The second kappa shape index (κ2) is 7.89. The molecule has 0 amide bonds. The molecule has 18 heavy (non-hydrogen) atoms. The monoisotopic (exact) mass is 278 g/mol. The number of aliphatic carboxylic acids is 1. The SMILES string of the molecule is COCCOCO/N=C(\C(=O)O)C1=CSN(N)N1. The molecule has 1 rings (SSSR count). The molecule has 10 heteroatoms. The van der Waals surface area contributed by atoms with E-state index in [0.29, 0.717) is 13.2 Å². The molecule has 0 radical (unpaired) electrons. The van der Waals surface area contributed by atoms with Crippen LogP contribution in [0.4, 0.5) is 0 Å². The molecule has 0 saturated carbocycles. The van der Waals surface area contributed by atoms with Crippen molar-refractivity contribution < 1.29 is 24.2 Å². The van der Waals surface area contributed by atoms with Gasteiger partial charge in [-0.2, -0.15) is 0 Å². The van der Waals surface area contributed by atoms with Crippen LogP contribution in [-0.2, 0) is 19.1 Å². The van der Waals surface area contributed by atoms with Crippen LogP contribution >= 0.6 is 11.9 Å². The first-order valence-corrected chi connectivity index (χ1v) is 5.67. The van der Waals surface area contributed by atoms with E-state index in [9.17, 15) is 4.79 Å². The number of ether oxygens (including phenoxy) is 2. The van der Waals surface area contributed by atoms with Crippen LogP contribution < -0.4 is 11.3 Å². The summed E-state index contributed by atoms with van der Waals surface area (Å²) in [7, 11) is 1.54. The molecule has 0 bridgehead atoms. The molecule has 9 nitrogen and oxygen atoms in total. The molecule has 4 N–H and O–H groups in total.